The van der Waals surface area contributed by atoms with Gasteiger partial charge in [0.05, 0.1) is 7.11 Å². The van der Waals surface area contributed by atoms with Crippen LogP contribution in [0.25, 0.3) is 0 Å². The van der Waals surface area contributed by atoms with Crippen LogP contribution in [-0.4, -0.2) is 18.4 Å². The van der Waals surface area contributed by atoms with Crippen molar-refractivity contribution in [1.82, 2.24) is 5.32 Å². The van der Waals surface area contributed by atoms with E-state index in [0.29, 0.717) is 17.2 Å². The highest BCUT2D eigenvalue weighted by molar-refractivity contribution is 7.99. The Hall–Kier alpha value is -0.670. The number of thioether (sulfide) groups is 1. The molecule has 0 saturated heterocycles. The number of ether oxygens (including phenoxy) is 1. The van der Waals surface area contributed by atoms with Gasteiger partial charge >= 0.3 is 0 Å². The van der Waals surface area contributed by atoms with Gasteiger partial charge in [0.25, 0.3) is 0 Å². The normalized spacial score (nSPS) is 13.0. The van der Waals surface area contributed by atoms with Gasteiger partial charge in [-0.25, -0.2) is 0 Å². The van der Waals surface area contributed by atoms with E-state index < -0.39 is 0 Å². The van der Waals surface area contributed by atoms with E-state index >= 15 is 0 Å². The molecule has 1 aromatic rings. The molecule has 0 aliphatic heterocycles. The smallest absolute Gasteiger partial charge is 0.122 e. The van der Waals surface area contributed by atoms with Gasteiger partial charge in [-0.1, -0.05) is 40.7 Å². The van der Waals surface area contributed by atoms with Crippen LogP contribution in [0.4, 0.5) is 0 Å². The number of rotatable bonds is 8. The zero-order valence-electron chi connectivity index (χ0n) is 13.7. The van der Waals surface area contributed by atoms with Crippen molar-refractivity contribution in [2.75, 3.05) is 7.11 Å². The lowest BCUT2D eigenvalue weighted by Crippen LogP contribution is -2.21. The van der Waals surface area contributed by atoms with E-state index in [2.05, 4.69) is 58.1 Å². The first-order valence-corrected chi connectivity index (χ1v) is 8.49. The van der Waals surface area contributed by atoms with Gasteiger partial charge in [-0.3, -0.25) is 0 Å². The van der Waals surface area contributed by atoms with Crippen molar-refractivity contribution in [2.24, 2.45) is 5.92 Å². The minimum atomic E-state index is 0.510. The molecule has 1 unspecified atom stereocenters. The first-order valence-electron chi connectivity index (χ1n) is 7.44. The minimum absolute atomic E-state index is 0.510. The molecule has 1 rings (SSSR count). The average molecular weight is 295 g/mol. The molecule has 0 aromatic heterocycles. The van der Waals surface area contributed by atoms with Crippen molar-refractivity contribution in [3.05, 3.63) is 29.3 Å². The van der Waals surface area contributed by atoms with Crippen LogP contribution in [-0.2, 0) is 12.3 Å². The van der Waals surface area contributed by atoms with Crippen LogP contribution in [0, 0.1) is 5.92 Å². The highest BCUT2D eigenvalue weighted by Gasteiger charge is 2.11. The van der Waals surface area contributed by atoms with Gasteiger partial charge in [0, 0.05) is 29.2 Å². The second-order valence-corrected chi connectivity index (χ2v) is 7.31. The van der Waals surface area contributed by atoms with E-state index in [1.807, 2.05) is 11.8 Å². The summed E-state index contributed by atoms with van der Waals surface area (Å²) in [5, 5.41) is 4.13. The van der Waals surface area contributed by atoms with Crippen LogP contribution >= 0.6 is 11.8 Å². The van der Waals surface area contributed by atoms with Gasteiger partial charge in [-0.15, -0.1) is 0 Å². The lowest BCUT2D eigenvalue weighted by atomic mass is 10.1. The summed E-state index contributed by atoms with van der Waals surface area (Å²) < 4.78 is 5.48. The molecule has 0 aliphatic carbocycles. The largest absolute Gasteiger partial charge is 0.496 e. The number of hydrogen-bond acceptors (Lipinski definition) is 3. The molecule has 1 aromatic carbocycles. The number of nitrogens with one attached hydrogen (secondary N) is 1. The molecule has 114 valence electrons. The van der Waals surface area contributed by atoms with Gasteiger partial charge in [0.2, 0.25) is 0 Å². The second-order valence-electron chi connectivity index (χ2n) is 5.94. The Morgan fingerprint density at radius 2 is 1.85 bits per heavy atom. The fourth-order valence-corrected chi connectivity index (χ4v) is 2.84. The molecule has 2 nitrogen and oxygen atoms in total. The molecule has 3 heteroatoms. The number of methoxy groups -OCH3 is 1. The van der Waals surface area contributed by atoms with E-state index in [4.69, 9.17) is 4.74 Å². The third-order valence-corrected chi connectivity index (χ3v) is 5.05. The van der Waals surface area contributed by atoms with Crippen molar-refractivity contribution in [3.63, 3.8) is 0 Å². The van der Waals surface area contributed by atoms with Crippen LogP contribution < -0.4 is 10.1 Å². The third kappa shape index (κ3) is 5.76. The molecule has 0 spiro atoms. The fourth-order valence-electron chi connectivity index (χ4n) is 1.79. The summed E-state index contributed by atoms with van der Waals surface area (Å²) in [6.07, 6.45) is 0. The maximum Gasteiger partial charge on any atom is 0.122 e. The summed E-state index contributed by atoms with van der Waals surface area (Å²) in [5.41, 5.74) is 2.63. The summed E-state index contributed by atoms with van der Waals surface area (Å²) in [4.78, 5) is 0. The molecule has 0 aliphatic rings. The molecular weight excluding hydrogens is 266 g/mol. The van der Waals surface area contributed by atoms with Gasteiger partial charge in [-0.05, 0) is 23.6 Å². The van der Waals surface area contributed by atoms with Crippen LogP contribution in [0.2, 0.25) is 0 Å². The van der Waals surface area contributed by atoms with Crippen LogP contribution in [0.3, 0.4) is 0 Å². The van der Waals surface area contributed by atoms with E-state index in [1.165, 1.54) is 11.1 Å². The lowest BCUT2D eigenvalue weighted by molar-refractivity contribution is 0.411. The summed E-state index contributed by atoms with van der Waals surface area (Å²) in [5.74, 6) is 2.72. The fraction of sp³-hybridized carbons (Fsp3) is 0.647. The van der Waals surface area contributed by atoms with E-state index in [9.17, 15) is 0 Å². The topological polar surface area (TPSA) is 21.3 Å². The molecule has 20 heavy (non-hydrogen) atoms. The molecule has 0 fully saturated rings. The zero-order chi connectivity index (χ0) is 15.1. The maximum atomic E-state index is 5.48. The Kier molecular flexibility index (Phi) is 7.46. The predicted molar refractivity (Wildman–Crippen MR) is 90.6 cm³/mol. The molecule has 1 atom stereocenters. The maximum absolute atomic E-state index is 5.48. The second kappa shape index (κ2) is 8.58. The highest BCUT2D eigenvalue weighted by atomic mass is 32.2. The molecule has 0 amide bonds. The predicted octanol–water partition coefficient (Wildman–Crippen LogP) is 4.47. The van der Waals surface area contributed by atoms with Gasteiger partial charge in [0.1, 0.15) is 5.75 Å². The summed E-state index contributed by atoms with van der Waals surface area (Å²) >= 11 is 2.00. The Labute approximate surface area is 128 Å². The van der Waals surface area contributed by atoms with Gasteiger partial charge < -0.3 is 10.1 Å². The van der Waals surface area contributed by atoms with Crippen molar-refractivity contribution < 1.29 is 4.74 Å². The first-order chi connectivity index (χ1) is 9.43. The van der Waals surface area contributed by atoms with Crippen molar-refractivity contribution in [3.8, 4) is 5.75 Å². The van der Waals surface area contributed by atoms with Crippen LogP contribution in [0.15, 0.2) is 18.2 Å². The molecule has 0 heterocycles. The standard InChI is InChI=1S/C17H29NOS/c1-12(2)14(5)20-11-16-9-15(10-18-13(3)4)7-8-17(16)19-6/h7-9,12-14,18H,10-11H2,1-6H3. The van der Waals surface area contributed by atoms with E-state index in [-0.39, 0.29) is 0 Å². The van der Waals surface area contributed by atoms with Crippen molar-refractivity contribution in [1.29, 1.82) is 0 Å². The molecule has 0 radical (unpaired) electrons. The Balaban J connectivity index is 2.73. The van der Waals surface area contributed by atoms with Crippen molar-refractivity contribution >= 4 is 11.8 Å². The van der Waals surface area contributed by atoms with Gasteiger partial charge in [0.15, 0.2) is 0 Å². The Morgan fingerprint density at radius 1 is 1.15 bits per heavy atom. The highest BCUT2D eigenvalue weighted by Crippen LogP contribution is 2.29. The number of hydrogen-bond donors (Lipinski definition) is 1. The zero-order valence-corrected chi connectivity index (χ0v) is 14.5. The number of benzene rings is 1. The molecule has 0 bridgehead atoms. The monoisotopic (exact) mass is 295 g/mol. The van der Waals surface area contributed by atoms with E-state index in [1.54, 1.807) is 7.11 Å². The first kappa shape index (κ1) is 17.4. The summed E-state index contributed by atoms with van der Waals surface area (Å²) in [7, 11) is 1.75. The minimum Gasteiger partial charge on any atom is -0.496 e. The SMILES string of the molecule is COc1ccc(CNC(C)C)cc1CSC(C)C(C)C. The van der Waals surface area contributed by atoms with E-state index in [0.717, 1.165) is 18.0 Å². The quantitative estimate of drug-likeness (QED) is 0.764. The molecule has 1 N–H and O–H groups in total. The Bertz CT molecular complexity index is 404. The van der Waals surface area contributed by atoms with Crippen LogP contribution in [0.5, 0.6) is 5.75 Å². The van der Waals surface area contributed by atoms with Crippen LogP contribution in [0.1, 0.15) is 45.7 Å². The average Bonchev–Trinajstić information content (AvgIpc) is 2.42. The third-order valence-electron chi connectivity index (χ3n) is 3.50. The lowest BCUT2D eigenvalue weighted by Gasteiger charge is -2.17. The van der Waals surface area contributed by atoms with Crippen molar-refractivity contribution in [2.45, 2.75) is 58.2 Å². The molecule has 0 saturated carbocycles. The Morgan fingerprint density at radius 3 is 2.40 bits per heavy atom. The summed E-state index contributed by atoms with van der Waals surface area (Å²) in [6.45, 7) is 12.1. The molecular formula is C17H29NOS. The van der Waals surface area contributed by atoms with Gasteiger partial charge in [-0.2, -0.15) is 11.8 Å². The summed E-state index contributed by atoms with van der Waals surface area (Å²) in [6, 6.07) is 7.02.